The van der Waals surface area contributed by atoms with E-state index in [1.165, 1.54) is 18.4 Å². The highest BCUT2D eigenvalue weighted by atomic mass is 35.5. The van der Waals surface area contributed by atoms with E-state index in [0.29, 0.717) is 23.4 Å². The zero-order chi connectivity index (χ0) is 22.1. The van der Waals surface area contributed by atoms with E-state index in [1.54, 1.807) is 14.2 Å². The van der Waals surface area contributed by atoms with Crippen LogP contribution in [0.15, 0.2) is 60.7 Å². The number of ether oxygens (including phenoxy) is 2. The maximum Gasteiger partial charge on any atom is 0.255 e. The summed E-state index contributed by atoms with van der Waals surface area (Å²) in [5.41, 5.74) is 1.94. The second-order valence-corrected chi connectivity index (χ2v) is 8.89. The summed E-state index contributed by atoms with van der Waals surface area (Å²) < 4.78 is 11.2. The SMILES string of the molecule is COc1cccc2c(OC)c(C(=O)NC3CC4CCC(C3)N4Cc3ccccc3)ccc12.Cl. The van der Waals surface area contributed by atoms with Gasteiger partial charge in [0.05, 0.1) is 19.8 Å². The van der Waals surface area contributed by atoms with Gasteiger partial charge >= 0.3 is 0 Å². The Labute approximate surface area is 201 Å². The minimum atomic E-state index is -0.0625. The number of carbonyl (C=O) groups excluding carboxylic acids is 1. The largest absolute Gasteiger partial charge is 0.496 e. The third-order valence-electron chi connectivity index (χ3n) is 7.07. The molecule has 0 spiro atoms. The molecular weight excluding hydrogens is 436 g/mol. The minimum absolute atomic E-state index is 0. The van der Waals surface area contributed by atoms with E-state index in [-0.39, 0.29) is 24.4 Å². The smallest absolute Gasteiger partial charge is 0.255 e. The molecule has 5 nitrogen and oxygen atoms in total. The summed E-state index contributed by atoms with van der Waals surface area (Å²) in [4.78, 5) is 15.9. The molecule has 3 aromatic rings. The van der Waals surface area contributed by atoms with Gasteiger partial charge in [0.1, 0.15) is 11.5 Å². The highest BCUT2D eigenvalue weighted by Crippen LogP contribution is 2.38. The van der Waals surface area contributed by atoms with E-state index in [9.17, 15) is 4.79 Å². The molecule has 5 rings (SSSR count). The molecule has 0 saturated carbocycles. The predicted molar refractivity (Wildman–Crippen MR) is 134 cm³/mol. The van der Waals surface area contributed by atoms with Crippen molar-refractivity contribution in [1.82, 2.24) is 10.2 Å². The van der Waals surface area contributed by atoms with Gasteiger partial charge in [0.25, 0.3) is 5.91 Å². The Kier molecular flexibility index (Phi) is 7.11. The Morgan fingerprint density at radius 3 is 2.30 bits per heavy atom. The first kappa shape index (κ1) is 23.4. The van der Waals surface area contributed by atoms with Crippen molar-refractivity contribution in [2.24, 2.45) is 0 Å². The van der Waals surface area contributed by atoms with Crippen LogP contribution < -0.4 is 14.8 Å². The average Bonchev–Trinajstić information content (AvgIpc) is 3.05. The normalized spacial score (nSPS) is 21.9. The number of halogens is 1. The van der Waals surface area contributed by atoms with E-state index in [4.69, 9.17) is 9.47 Å². The third kappa shape index (κ3) is 4.53. The first-order valence-corrected chi connectivity index (χ1v) is 11.4. The van der Waals surface area contributed by atoms with Gasteiger partial charge in [-0.15, -0.1) is 12.4 Å². The predicted octanol–water partition coefficient (Wildman–Crippen LogP) is 5.20. The molecule has 0 radical (unpaired) electrons. The van der Waals surface area contributed by atoms with Crippen molar-refractivity contribution in [3.8, 4) is 11.5 Å². The van der Waals surface area contributed by atoms with E-state index in [1.807, 2.05) is 30.3 Å². The quantitative estimate of drug-likeness (QED) is 0.542. The van der Waals surface area contributed by atoms with Crippen LogP contribution in [0.4, 0.5) is 0 Å². The van der Waals surface area contributed by atoms with E-state index in [0.717, 1.165) is 35.9 Å². The number of nitrogens with zero attached hydrogens (tertiary/aromatic N) is 1. The van der Waals surface area contributed by atoms with Gasteiger partial charge in [0.15, 0.2) is 0 Å². The van der Waals surface area contributed by atoms with Crippen molar-refractivity contribution in [1.29, 1.82) is 0 Å². The van der Waals surface area contributed by atoms with Crippen LogP contribution in [0.25, 0.3) is 10.8 Å². The van der Waals surface area contributed by atoms with Crippen LogP contribution in [0.5, 0.6) is 11.5 Å². The maximum atomic E-state index is 13.3. The van der Waals surface area contributed by atoms with Crippen LogP contribution in [-0.4, -0.2) is 43.2 Å². The Morgan fingerprint density at radius 2 is 1.64 bits per heavy atom. The van der Waals surface area contributed by atoms with E-state index < -0.39 is 0 Å². The number of rotatable bonds is 6. The number of piperidine rings is 1. The number of fused-ring (bicyclic) bond motifs is 3. The molecule has 3 aromatic carbocycles. The number of nitrogens with one attached hydrogen (secondary N) is 1. The minimum Gasteiger partial charge on any atom is -0.496 e. The summed E-state index contributed by atoms with van der Waals surface area (Å²) in [6.45, 7) is 0.997. The van der Waals surface area contributed by atoms with Crippen LogP contribution in [0.1, 0.15) is 41.6 Å². The highest BCUT2D eigenvalue weighted by Gasteiger charge is 2.41. The Hall–Kier alpha value is -2.76. The lowest BCUT2D eigenvalue weighted by Crippen LogP contribution is -2.50. The molecule has 2 aliphatic rings. The van der Waals surface area contributed by atoms with Crippen molar-refractivity contribution >= 4 is 29.1 Å². The van der Waals surface area contributed by atoms with Crippen LogP contribution in [0.2, 0.25) is 0 Å². The van der Waals surface area contributed by atoms with E-state index in [2.05, 4.69) is 40.5 Å². The fraction of sp³-hybridized carbons (Fsp3) is 0.370. The summed E-state index contributed by atoms with van der Waals surface area (Å²) in [5.74, 6) is 1.31. The second kappa shape index (κ2) is 10.0. The van der Waals surface area contributed by atoms with Gasteiger partial charge in [0, 0.05) is 35.4 Å². The first-order chi connectivity index (χ1) is 15.7. The number of hydrogen-bond acceptors (Lipinski definition) is 4. The number of carbonyl (C=O) groups is 1. The lowest BCUT2D eigenvalue weighted by atomic mass is 9.96. The molecule has 2 saturated heterocycles. The maximum absolute atomic E-state index is 13.3. The Morgan fingerprint density at radius 1 is 0.909 bits per heavy atom. The van der Waals surface area contributed by atoms with Gasteiger partial charge < -0.3 is 14.8 Å². The molecule has 174 valence electrons. The fourth-order valence-corrected chi connectivity index (χ4v) is 5.59. The molecule has 2 unspecified atom stereocenters. The Balaban J connectivity index is 0.00000259. The van der Waals surface area contributed by atoms with Crippen LogP contribution in [0.3, 0.4) is 0 Å². The van der Waals surface area contributed by atoms with Gasteiger partial charge in [-0.2, -0.15) is 0 Å². The molecule has 6 heteroatoms. The molecular formula is C27H31ClN2O3. The monoisotopic (exact) mass is 466 g/mol. The van der Waals surface area contributed by atoms with Crippen LogP contribution >= 0.6 is 12.4 Å². The second-order valence-electron chi connectivity index (χ2n) is 8.89. The number of methoxy groups -OCH3 is 2. The molecule has 33 heavy (non-hydrogen) atoms. The molecule has 1 N–H and O–H groups in total. The molecule has 1 amide bonds. The molecule has 2 atom stereocenters. The van der Waals surface area contributed by atoms with E-state index >= 15 is 0 Å². The number of amides is 1. The first-order valence-electron chi connectivity index (χ1n) is 11.4. The zero-order valence-electron chi connectivity index (χ0n) is 19.1. The number of benzene rings is 3. The van der Waals surface area contributed by atoms with Crippen LogP contribution in [0, 0.1) is 0 Å². The molecule has 2 bridgehead atoms. The van der Waals surface area contributed by atoms with Crippen molar-refractivity contribution in [3.63, 3.8) is 0 Å². The molecule has 2 heterocycles. The van der Waals surface area contributed by atoms with Crippen molar-refractivity contribution in [3.05, 3.63) is 71.8 Å². The highest BCUT2D eigenvalue weighted by molar-refractivity contribution is 6.05. The summed E-state index contributed by atoms with van der Waals surface area (Å²) >= 11 is 0. The van der Waals surface area contributed by atoms with Crippen molar-refractivity contribution in [2.75, 3.05) is 14.2 Å². The zero-order valence-corrected chi connectivity index (χ0v) is 19.9. The summed E-state index contributed by atoms with van der Waals surface area (Å²) in [5, 5.41) is 5.14. The standard InChI is InChI=1S/C27H30N2O3.ClH/c1-31-25-10-6-9-23-22(25)13-14-24(26(23)32-2)27(30)28-19-15-20-11-12-21(16-19)29(20)17-18-7-4-3-5-8-18;/h3-10,13-14,19-21H,11-12,15-17H2,1-2H3,(H,28,30);1H. The van der Waals surface area contributed by atoms with Gasteiger partial charge in [-0.3, -0.25) is 9.69 Å². The molecule has 0 aromatic heterocycles. The Bertz CT molecular complexity index is 1110. The van der Waals surface area contributed by atoms with Gasteiger partial charge in [-0.05, 0) is 49.4 Å². The summed E-state index contributed by atoms with van der Waals surface area (Å²) in [6, 6.07) is 21.5. The van der Waals surface area contributed by atoms with Crippen molar-refractivity contribution in [2.45, 2.75) is 50.4 Å². The third-order valence-corrected chi connectivity index (χ3v) is 7.07. The molecule has 2 aliphatic heterocycles. The van der Waals surface area contributed by atoms with Gasteiger partial charge in [0.2, 0.25) is 0 Å². The number of hydrogen-bond donors (Lipinski definition) is 1. The molecule has 2 fully saturated rings. The molecule has 0 aliphatic carbocycles. The van der Waals surface area contributed by atoms with Crippen molar-refractivity contribution < 1.29 is 14.3 Å². The van der Waals surface area contributed by atoms with Crippen LogP contribution in [-0.2, 0) is 6.54 Å². The average molecular weight is 467 g/mol. The van der Waals surface area contributed by atoms with Gasteiger partial charge in [-0.25, -0.2) is 0 Å². The fourth-order valence-electron chi connectivity index (χ4n) is 5.59. The summed E-state index contributed by atoms with van der Waals surface area (Å²) in [7, 11) is 3.27. The lowest BCUT2D eigenvalue weighted by Gasteiger charge is -2.39. The summed E-state index contributed by atoms with van der Waals surface area (Å²) in [6.07, 6.45) is 4.42. The lowest BCUT2D eigenvalue weighted by molar-refractivity contribution is 0.0825. The van der Waals surface area contributed by atoms with Gasteiger partial charge in [-0.1, -0.05) is 42.5 Å². The topological polar surface area (TPSA) is 50.8 Å².